The van der Waals surface area contributed by atoms with E-state index < -0.39 is 0 Å². The molecule has 0 aromatic heterocycles. The molecule has 0 aromatic rings. The van der Waals surface area contributed by atoms with Crippen molar-refractivity contribution in [3.05, 3.63) is 12.2 Å². The molecule has 0 saturated heterocycles. The van der Waals surface area contributed by atoms with E-state index in [4.69, 9.17) is 0 Å². The summed E-state index contributed by atoms with van der Waals surface area (Å²) >= 11 is 0. The van der Waals surface area contributed by atoms with Crippen LogP contribution in [0.3, 0.4) is 0 Å². The van der Waals surface area contributed by atoms with Gasteiger partial charge in [0.2, 0.25) is 0 Å². The fourth-order valence-corrected chi connectivity index (χ4v) is 1.16. The first-order valence-electron chi connectivity index (χ1n) is 3.87. The van der Waals surface area contributed by atoms with Crippen molar-refractivity contribution in [1.82, 2.24) is 0 Å². The predicted octanol–water partition coefficient (Wildman–Crippen LogP) is 2.32. The lowest BCUT2D eigenvalue weighted by molar-refractivity contribution is -0.117. The fraction of sp³-hybridized carbons (Fsp3) is 0.667. The molecule has 1 rings (SSSR count). The molecule has 0 heterocycles. The first-order chi connectivity index (χ1) is 4.70. The lowest BCUT2D eigenvalue weighted by Gasteiger charge is -1.92. The maximum absolute atomic E-state index is 10.5. The molecule has 56 valence electrons. The van der Waals surface area contributed by atoms with E-state index in [1.165, 1.54) is 18.4 Å². The monoisotopic (exact) mass is 138 g/mol. The molecule has 0 radical (unpaired) electrons. The van der Waals surface area contributed by atoms with Gasteiger partial charge in [-0.1, -0.05) is 12.2 Å². The molecule has 10 heavy (non-hydrogen) atoms. The topological polar surface area (TPSA) is 17.1 Å². The van der Waals surface area contributed by atoms with Gasteiger partial charge < -0.3 is 4.79 Å². The molecule has 1 heteroatoms. The Morgan fingerprint density at radius 1 is 1.80 bits per heavy atom. The Morgan fingerprint density at radius 2 is 2.40 bits per heavy atom. The van der Waals surface area contributed by atoms with Crippen LogP contribution in [0.1, 0.15) is 32.6 Å². The second kappa shape index (κ2) is 3.00. The highest BCUT2D eigenvalue weighted by Gasteiger charge is 2.25. The summed E-state index contributed by atoms with van der Waals surface area (Å²) in [4.78, 5) is 10.5. The van der Waals surface area contributed by atoms with Gasteiger partial charge in [0.25, 0.3) is 0 Å². The average Bonchev–Trinajstić information content (AvgIpc) is 2.46. The normalized spacial score (nSPS) is 22.9. The molecule has 1 unspecified atom stereocenters. The van der Waals surface area contributed by atoms with E-state index in [9.17, 15) is 4.79 Å². The van der Waals surface area contributed by atoms with E-state index in [-0.39, 0.29) is 0 Å². The summed E-state index contributed by atoms with van der Waals surface area (Å²) in [5, 5.41) is 0. The maximum atomic E-state index is 10.5. The van der Waals surface area contributed by atoms with Gasteiger partial charge in [0.05, 0.1) is 0 Å². The predicted molar refractivity (Wildman–Crippen MR) is 41.8 cm³/mol. The van der Waals surface area contributed by atoms with Crippen LogP contribution in [-0.2, 0) is 4.79 Å². The lowest BCUT2D eigenvalue weighted by atomic mass is 10.1. The molecule has 0 spiro atoms. The van der Waals surface area contributed by atoms with Crippen LogP contribution in [0.15, 0.2) is 12.2 Å². The van der Waals surface area contributed by atoms with Gasteiger partial charge >= 0.3 is 0 Å². The van der Waals surface area contributed by atoms with E-state index in [1.54, 1.807) is 6.92 Å². The van der Waals surface area contributed by atoms with E-state index in [1.807, 2.05) is 0 Å². The number of carbonyl (C=O) groups excluding carboxylic acids is 1. The summed E-state index contributed by atoms with van der Waals surface area (Å²) < 4.78 is 0. The largest absolute Gasteiger partial charge is 0.300 e. The first-order valence-corrected chi connectivity index (χ1v) is 3.87. The number of allylic oxidation sites excluding steroid dienone is 1. The van der Waals surface area contributed by atoms with E-state index in [0.29, 0.717) is 5.78 Å². The Bertz CT molecular complexity index is 158. The van der Waals surface area contributed by atoms with Crippen molar-refractivity contribution in [3.8, 4) is 0 Å². The van der Waals surface area contributed by atoms with Crippen LogP contribution >= 0.6 is 0 Å². The summed E-state index contributed by atoms with van der Waals surface area (Å²) in [6.45, 7) is 5.52. The molecule has 1 aliphatic rings. The maximum Gasteiger partial charge on any atom is 0.129 e. The van der Waals surface area contributed by atoms with E-state index in [0.717, 1.165) is 18.8 Å². The zero-order valence-corrected chi connectivity index (χ0v) is 6.52. The van der Waals surface area contributed by atoms with Crippen molar-refractivity contribution in [3.63, 3.8) is 0 Å². The smallest absolute Gasteiger partial charge is 0.129 e. The van der Waals surface area contributed by atoms with E-state index in [2.05, 4.69) is 6.58 Å². The number of hydrogen-bond acceptors (Lipinski definition) is 1. The van der Waals surface area contributed by atoms with Gasteiger partial charge in [-0.05, 0) is 32.1 Å². The highest BCUT2D eigenvalue weighted by Crippen LogP contribution is 2.39. The summed E-state index contributed by atoms with van der Waals surface area (Å²) in [5.74, 6) is 1.07. The summed E-state index contributed by atoms with van der Waals surface area (Å²) in [6, 6.07) is 0. The van der Waals surface area contributed by atoms with Crippen molar-refractivity contribution in [1.29, 1.82) is 0 Å². The standard InChI is InChI=1S/C9H14O/c1-7-6-9(7)5-3-4-8(2)10/h9H,1,3-6H2,2H3. The lowest BCUT2D eigenvalue weighted by Crippen LogP contribution is -1.89. The second-order valence-corrected chi connectivity index (χ2v) is 3.15. The SMILES string of the molecule is C=C1CC1CCCC(C)=O. The molecule has 1 fully saturated rings. The van der Waals surface area contributed by atoms with Crippen LogP contribution in [-0.4, -0.2) is 5.78 Å². The molecular formula is C9H14O. The molecule has 0 bridgehead atoms. The number of hydrogen-bond donors (Lipinski definition) is 0. The molecule has 1 saturated carbocycles. The van der Waals surface area contributed by atoms with Gasteiger partial charge in [-0.15, -0.1) is 0 Å². The van der Waals surface area contributed by atoms with Crippen LogP contribution in [0.25, 0.3) is 0 Å². The molecule has 1 atom stereocenters. The highest BCUT2D eigenvalue weighted by molar-refractivity contribution is 5.75. The van der Waals surface area contributed by atoms with Crippen LogP contribution in [0.4, 0.5) is 0 Å². The zero-order chi connectivity index (χ0) is 7.56. The van der Waals surface area contributed by atoms with Crippen molar-refractivity contribution in [2.24, 2.45) is 5.92 Å². The van der Waals surface area contributed by atoms with Crippen molar-refractivity contribution in [2.45, 2.75) is 32.6 Å². The van der Waals surface area contributed by atoms with Gasteiger partial charge in [0.1, 0.15) is 5.78 Å². The highest BCUT2D eigenvalue weighted by atomic mass is 16.1. The minimum Gasteiger partial charge on any atom is -0.300 e. The Kier molecular flexibility index (Phi) is 2.25. The summed E-state index contributed by atoms with van der Waals surface area (Å²) in [7, 11) is 0. The number of ketones is 1. The van der Waals surface area contributed by atoms with Crippen LogP contribution in [0, 0.1) is 5.92 Å². The van der Waals surface area contributed by atoms with Crippen molar-refractivity contribution >= 4 is 5.78 Å². The number of carbonyl (C=O) groups is 1. The Morgan fingerprint density at radius 3 is 2.80 bits per heavy atom. The second-order valence-electron chi connectivity index (χ2n) is 3.15. The first kappa shape index (κ1) is 7.52. The number of Topliss-reactive ketones (excluding diaryl/α,β-unsaturated/α-hetero) is 1. The molecule has 0 aliphatic heterocycles. The van der Waals surface area contributed by atoms with E-state index >= 15 is 0 Å². The van der Waals surface area contributed by atoms with Crippen molar-refractivity contribution < 1.29 is 4.79 Å². The fourth-order valence-electron chi connectivity index (χ4n) is 1.16. The Balaban J connectivity index is 1.96. The van der Waals surface area contributed by atoms with Gasteiger partial charge in [0, 0.05) is 6.42 Å². The van der Waals surface area contributed by atoms with Gasteiger partial charge in [-0.3, -0.25) is 0 Å². The molecular weight excluding hydrogens is 124 g/mol. The quantitative estimate of drug-likeness (QED) is 0.545. The summed E-state index contributed by atoms with van der Waals surface area (Å²) in [5.41, 5.74) is 1.38. The molecule has 1 nitrogen and oxygen atoms in total. The summed E-state index contributed by atoms with van der Waals surface area (Å²) in [6.07, 6.45) is 4.19. The molecule has 1 aliphatic carbocycles. The van der Waals surface area contributed by atoms with Crippen LogP contribution < -0.4 is 0 Å². The van der Waals surface area contributed by atoms with Crippen LogP contribution in [0.5, 0.6) is 0 Å². The van der Waals surface area contributed by atoms with Crippen molar-refractivity contribution in [2.75, 3.05) is 0 Å². The Hall–Kier alpha value is -0.590. The van der Waals surface area contributed by atoms with Gasteiger partial charge in [0.15, 0.2) is 0 Å². The van der Waals surface area contributed by atoms with Crippen LogP contribution in [0.2, 0.25) is 0 Å². The van der Waals surface area contributed by atoms with Gasteiger partial charge in [-0.2, -0.15) is 0 Å². The number of rotatable bonds is 4. The van der Waals surface area contributed by atoms with Gasteiger partial charge in [-0.25, -0.2) is 0 Å². The minimum absolute atomic E-state index is 0.311. The molecule has 0 aromatic carbocycles. The third kappa shape index (κ3) is 2.34. The zero-order valence-electron chi connectivity index (χ0n) is 6.52. The minimum atomic E-state index is 0.311. The third-order valence-electron chi connectivity index (χ3n) is 2.01. The average molecular weight is 138 g/mol. The molecule has 0 amide bonds. The molecule has 0 N–H and O–H groups in total. The third-order valence-corrected chi connectivity index (χ3v) is 2.01. The Labute approximate surface area is 62.1 Å².